The first-order chi connectivity index (χ1) is 9.10. The molecule has 1 saturated heterocycles. The number of piperidine rings is 1. The van der Waals surface area contributed by atoms with E-state index in [-0.39, 0.29) is 0 Å². The monoisotopic (exact) mass is 260 g/mol. The molecule has 0 spiro atoms. The van der Waals surface area contributed by atoms with Crippen LogP contribution in [0.2, 0.25) is 0 Å². The van der Waals surface area contributed by atoms with Crippen molar-refractivity contribution >= 4 is 0 Å². The maximum Gasteiger partial charge on any atom is 0.0297 e. The molecule has 1 unspecified atom stereocenters. The van der Waals surface area contributed by atoms with E-state index in [1.165, 1.54) is 49.2 Å². The molecule has 1 N–H and O–H groups in total. The molecule has 0 amide bonds. The van der Waals surface area contributed by atoms with Crippen LogP contribution in [0.4, 0.5) is 0 Å². The maximum absolute atomic E-state index is 3.82. The van der Waals surface area contributed by atoms with E-state index in [9.17, 15) is 0 Å². The number of nitrogens with zero attached hydrogens (tertiary/aromatic N) is 1. The Morgan fingerprint density at radius 1 is 1.26 bits per heavy atom. The molecule has 1 heterocycles. The summed E-state index contributed by atoms with van der Waals surface area (Å²) in [5, 5.41) is 3.82. The van der Waals surface area contributed by atoms with Crippen molar-refractivity contribution in [2.24, 2.45) is 0 Å². The molecule has 1 aromatic rings. The molecular weight excluding hydrogens is 232 g/mol. The smallest absolute Gasteiger partial charge is 0.0297 e. The SMILES string of the molecule is CCN1CCC(NC(C)c2cc(C)ccc2C)CC1. The summed E-state index contributed by atoms with van der Waals surface area (Å²) in [6.45, 7) is 12.6. The van der Waals surface area contributed by atoms with Gasteiger partial charge in [-0.1, -0.05) is 30.7 Å². The van der Waals surface area contributed by atoms with E-state index >= 15 is 0 Å². The minimum absolute atomic E-state index is 0.457. The first-order valence-corrected chi connectivity index (χ1v) is 7.65. The van der Waals surface area contributed by atoms with E-state index in [4.69, 9.17) is 0 Å². The van der Waals surface area contributed by atoms with E-state index in [2.05, 4.69) is 56.1 Å². The minimum Gasteiger partial charge on any atom is -0.307 e. The van der Waals surface area contributed by atoms with Crippen molar-refractivity contribution in [1.29, 1.82) is 0 Å². The molecular formula is C17H28N2. The van der Waals surface area contributed by atoms with Gasteiger partial charge in [0, 0.05) is 12.1 Å². The van der Waals surface area contributed by atoms with Crippen molar-refractivity contribution in [3.63, 3.8) is 0 Å². The Labute approximate surface area is 118 Å². The molecule has 1 aliphatic rings. The molecule has 0 aliphatic carbocycles. The summed E-state index contributed by atoms with van der Waals surface area (Å²) in [5.74, 6) is 0. The van der Waals surface area contributed by atoms with Crippen LogP contribution in [0.1, 0.15) is 49.4 Å². The highest BCUT2D eigenvalue weighted by molar-refractivity contribution is 5.32. The van der Waals surface area contributed by atoms with E-state index in [0.29, 0.717) is 12.1 Å². The summed E-state index contributed by atoms with van der Waals surface area (Å²) in [6.07, 6.45) is 2.56. The van der Waals surface area contributed by atoms with Crippen LogP contribution in [0.25, 0.3) is 0 Å². The Kier molecular flexibility index (Phi) is 5.00. The summed E-state index contributed by atoms with van der Waals surface area (Å²) in [4.78, 5) is 2.54. The Balaban J connectivity index is 1.94. The van der Waals surface area contributed by atoms with Crippen LogP contribution in [0, 0.1) is 13.8 Å². The van der Waals surface area contributed by atoms with Gasteiger partial charge in [0.05, 0.1) is 0 Å². The largest absolute Gasteiger partial charge is 0.307 e. The van der Waals surface area contributed by atoms with E-state index < -0.39 is 0 Å². The zero-order chi connectivity index (χ0) is 13.8. The van der Waals surface area contributed by atoms with Gasteiger partial charge in [-0.25, -0.2) is 0 Å². The lowest BCUT2D eigenvalue weighted by molar-refractivity contribution is 0.200. The third-order valence-electron chi connectivity index (χ3n) is 4.42. The molecule has 0 saturated carbocycles. The highest BCUT2D eigenvalue weighted by Gasteiger charge is 2.20. The van der Waals surface area contributed by atoms with Crippen LogP contribution in [-0.4, -0.2) is 30.6 Å². The second kappa shape index (κ2) is 6.53. The summed E-state index contributed by atoms with van der Waals surface area (Å²) in [5.41, 5.74) is 4.21. The highest BCUT2D eigenvalue weighted by atomic mass is 15.1. The molecule has 1 fully saturated rings. The maximum atomic E-state index is 3.82. The third kappa shape index (κ3) is 3.80. The van der Waals surface area contributed by atoms with Crippen molar-refractivity contribution in [2.45, 2.75) is 52.6 Å². The average molecular weight is 260 g/mol. The number of hydrogen-bond donors (Lipinski definition) is 1. The van der Waals surface area contributed by atoms with E-state index in [1.807, 2.05) is 0 Å². The van der Waals surface area contributed by atoms with Crippen molar-refractivity contribution < 1.29 is 0 Å². The van der Waals surface area contributed by atoms with Gasteiger partial charge in [0.1, 0.15) is 0 Å². The van der Waals surface area contributed by atoms with Gasteiger partial charge in [-0.2, -0.15) is 0 Å². The molecule has 2 rings (SSSR count). The predicted octanol–water partition coefficient (Wildman–Crippen LogP) is 3.44. The fraction of sp³-hybridized carbons (Fsp3) is 0.647. The molecule has 19 heavy (non-hydrogen) atoms. The molecule has 1 atom stereocenters. The number of likely N-dealkylation sites (tertiary alicyclic amines) is 1. The first kappa shape index (κ1) is 14.5. The van der Waals surface area contributed by atoms with Crippen LogP contribution >= 0.6 is 0 Å². The molecule has 0 bridgehead atoms. The second-order valence-electron chi connectivity index (χ2n) is 5.96. The van der Waals surface area contributed by atoms with Crippen LogP contribution in [0.15, 0.2) is 18.2 Å². The first-order valence-electron chi connectivity index (χ1n) is 7.65. The zero-order valence-corrected chi connectivity index (χ0v) is 12.9. The molecule has 2 heteroatoms. The van der Waals surface area contributed by atoms with Crippen LogP contribution in [0.5, 0.6) is 0 Å². The third-order valence-corrected chi connectivity index (χ3v) is 4.42. The number of nitrogens with one attached hydrogen (secondary N) is 1. The van der Waals surface area contributed by atoms with Crippen LogP contribution in [-0.2, 0) is 0 Å². The molecule has 2 nitrogen and oxygen atoms in total. The fourth-order valence-corrected chi connectivity index (χ4v) is 3.09. The normalized spacial score (nSPS) is 19.6. The lowest BCUT2D eigenvalue weighted by Gasteiger charge is -2.33. The molecule has 106 valence electrons. The summed E-state index contributed by atoms with van der Waals surface area (Å²) in [6, 6.07) is 7.90. The Morgan fingerprint density at radius 2 is 1.95 bits per heavy atom. The van der Waals surface area contributed by atoms with Gasteiger partial charge in [-0.3, -0.25) is 0 Å². The van der Waals surface area contributed by atoms with Gasteiger partial charge in [0.25, 0.3) is 0 Å². The van der Waals surface area contributed by atoms with Crippen LogP contribution in [0.3, 0.4) is 0 Å². The summed E-state index contributed by atoms with van der Waals surface area (Å²) >= 11 is 0. The Hall–Kier alpha value is -0.860. The summed E-state index contributed by atoms with van der Waals surface area (Å²) in [7, 11) is 0. The predicted molar refractivity (Wildman–Crippen MR) is 82.6 cm³/mol. The van der Waals surface area contributed by atoms with Gasteiger partial charge in [-0.15, -0.1) is 0 Å². The molecule has 1 aromatic carbocycles. The lowest BCUT2D eigenvalue weighted by Crippen LogP contribution is -2.43. The van der Waals surface area contributed by atoms with Gasteiger partial charge in [-0.05, 0) is 64.4 Å². The average Bonchev–Trinajstić information content (AvgIpc) is 2.42. The molecule has 0 aromatic heterocycles. The number of rotatable bonds is 4. The van der Waals surface area contributed by atoms with Crippen molar-refractivity contribution in [2.75, 3.05) is 19.6 Å². The number of hydrogen-bond acceptors (Lipinski definition) is 2. The van der Waals surface area contributed by atoms with E-state index in [0.717, 1.165) is 0 Å². The minimum atomic E-state index is 0.457. The van der Waals surface area contributed by atoms with Gasteiger partial charge < -0.3 is 10.2 Å². The second-order valence-corrected chi connectivity index (χ2v) is 5.96. The Bertz CT molecular complexity index is 406. The highest BCUT2D eigenvalue weighted by Crippen LogP contribution is 2.21. The van der Waals surface area contributed by atoms with Crippen molar-refractivity contribution in [3.8, 4) is 0 Å². The van der Waals surface area contributed by atoms with Crippen molar-refractivity contribution in [3.05, 3.63) is 34.9 Å². The number of benzene rings is 1. The van der Waals surface area contributed by atoms with E-state index in [1.54, 1.807) is 0 Å². The standard InChI is InChI=1S/C17H28N2/c1-5-19-10-8-16(9-11-19)18-15(4)17-12-13(2)6-7-14(17)3/h6-7,12,15-16,18H,5,8-11H2,1-4H3. The fourth-order valence-electron chi connectivity index (χ4n) is 3.09. The Morgan fingerprint density at radius 3 is 2.58 bits per heavy atom. The van der Waals surface area contributed by atoms with Gasteiger partial charge in [0.15, 0.2) is 0 Å². The lowest BCUT2D eigenvalue weighted by atomic mass is 9.97. The van der Waals surface area contributed by atoms with Gasteiger partial charge >= 0.3 is 0 Å². The number of aryl methyl sites for hydroxylation is 2. The molecule has 1 aliphatic heterocycles. The van der Waals surface area contributed by atoms with Crippen LogP contribution < -0.4 is 5.32 Å². The topological polar surface area (TPSA) is 15.3 Å². The van der Waals surface area contributed by atoms with Gasteiger partial charge in [0.2, 0.25) is 0 Å². The van der Waals surface area contributed by atoms with Crippen molar-refractivity contribution in [1.82, 2.24) is 10.2 Å². The summed E-state index contributed by atoms with van der Waals surface area (Å²) < 4.78 is 0. The zero-order valence-electron chi connectivity index (χ0n) is 12.9. The molecule has 0 radical (unpaired) electrons. The quantitative estimate of drug-likeness (QED) is 0.892.